The van der Waals surface area contributed by atoms with Crippen molar-refractivity contribution in [2.75, 3.05) is 35.7 Å². The Morgan fingerprint density at radius 1 is 0.886 bits per heavy atom. The monoisotopic (exact) mass is 597 g/mol. The van der Waals surface area contributed by atoms with E-state index in [0.717, 1.165) is 22.0 Å². The van der Waals surface area contributed by atoms with Crippen LogP contribution in [0.2, 0.25) is 0 Å². The molecule has 0 radical (unpaired) electrons. The third kappa shape index (κ3) is 7.49. The SMILES string of the molecule is CC.CN1C(=O)CN(CCC(=O)O)C(=O)c2cc(NC(=O)Cc3ccc(NC(=O)Cc4c[nH]c5ccccc45)cc3)ccc21. The first-order valence-electron chi connectivity index (χ1n) is 14.3. The Morgan fingerprint density at radius 2 is 1.55 bits per heavy atom. The van der Waals surface area contributed by atoms with Crippen molar-refractivity contribution in [1.29, 1.82) is 0 Å². The molecule has 11 nitrogen and oxygen atoms in total. The Kier molecular flexibility index (Phi) is 10.1. The quantitative estimate of drug-likeness (QED) is 0.224. The predicted molar refractivity (Wildman–Crippen MR) is 169 cm³/mol. The van der Waals surface area contributed by atoms with Crippen molar-refractivity contribution >= 4 is 57.6 Å². The zero-order valence-corrected chi connectivity index (χ0v) is 24.8. The average molecular weight is 598 g/mol. The lowest BCUT2D eigenvalue weighted by atomic mass is 10.1. The van der Waals surface area contributed by atoms with Crippen LogP contribution in [-0.4, -0.2) is 64.7 Å². The van der Waals surface area contributed by atoms with Gasteiger partial charge >= 0.3 is 5.97 Å². The van der Waals surface area contributed by atoms with Gasteiger partial charge in [0, 0.05) is 42.1 Å². The molecule has 5 rings (SSSR count). The number of fused-ring (bicyclic) bond motifs is 2. The fraction of sp³-hybridized carbons (Fsp3) is 0.242. The van der Waals surface area contributed by atoms with E-state index in [1.807, 2.05) is 44.3 Å². The van der Waals surface area contributed by atoms with Crippen molar-refractivity contribution in [2.45, 2.75) is 33.1 Å². The van der Waals surface area contributed by atoms with Crippen molar-refractivity contribution in [3.63, 3.8) is 0 Å². The second-order valence-corrected chi connectivity index (χ2v) is 10.1. The summed E-state index contributed by atoms with van der Waals surface area (Å²) in [5.74, 6) is -2.38. The Hall–Kier alpha value is -5.45. The summed E-state index contributed by atoms with van der Waals surface area (Å²) in [5.41, 5.74) is 4.15. The number of hydrogen-bond donors (Lipinski definition) is 4. The third-order valence-corrected chi connectivity index (χ3v) is 7.08. The van der Waals surface area contributed by atoms with E-state index in [1.165, 1.54) is 15.9 Å². The molecule has 0 atom stereocenters. The number of aromatic nitrogens is 1. The van der Waals surface area contributed by atoms with E-state index in [4.69, 9.17) is 5.11 Å². The number of benzene rings is 3. The maximum absolute atomic E-state index is 13.1. The summed E-state index contributed by atoms with van der Waals surface area (Å²) in [7, 11) is 1.54. The summed E-state index contributed by atoms with van der Waals surface area (Å²) in [4.78, 5) is 67.8. The molecular formula is C33H35N5O6. The number of carbonyl (C=O) groups excluding carboxylic acids is 4. The van der Waals surface area contributed by atoms with Crippen LogP contribution < -0.4 is 15.5 Å². The molecule has 1 aliphatic rings. The molecule has 4 amide bonds. The minimum absolute atomic E-state index is 0.0533. The summed E-state index contributed by atoms with van der Waals surface area (Å²) < 4.78 is 0. The number of para-hydroxylation sites is 1. The smallest absolute Gasteiger partial charge is 0.305 e. The number of carboxylic acids is 1. The first-order chi connectivity index (χ1) is 21.2. The van der Waals surface area contributed by atoms with Gasteiger partial charge in [0.1, 0.15) is 6.54 Å². The van der Waals surface area contributed by atoms with Crippen molar-refractivity contribution in [3.8, 4) is 0 Å². The van der Waals surface area contributed by atoms with Crippen LogP contribution in [0.4, 0.5) is 17.1 Å². The molecule has 4 aromatic rings. The molecule has 0 bridgehead atoms. The number of rotatable bonds is 9. The Bertz CT molecular complexity index is 1690. The molecule has 0 aliphatic carbocycles. The van der Waals surface area contributed by atoms with Gasteiger partial charge in [-0.2, -0.15) is 0 Å². The molecule has 0 saturated heterocycles. The van der Waals surface area contributed by atoms with Crippen LogP contribution in [0.15, 0.2) is 72.9 Å². The van der Waals surface area contributed by atoms with Crippen LogP contribution in [0.25, 0.3) is 10.9 Å². The number of hydrogen-bond acceptors (Lipinski definition) is 5. The minimum Gasteiger partial charge on any atom is -0.481 e. The standard InChI is InChI=1S/C31H29N5O6.C2H6/c1-35-26-11-10-22(16-24(26)31(42)36(18-29(35)39)13-12-30(40)41)34-27(37)14-19-6-8-21(9-7-19)33-28(38)15-20-17-32-25-5-3-2-4-23(20)25;1-2/h2-11,16-17,32H,12-15,18H2,1H3,(H,33,38)(H,34,37)(H,40,41);1-2H3. The zero-order valence-electron chi connectivity index (χ0n) is 24.8. The van der Waals surface area contributed by atoms with Crippen LogP contribution in [0, 0.1) is 0 Å². The van der Waals surface area contributed by atoms with E-state index in [1.54, 1.807) is 43.4 Å². The van der Waals surface area contributed by atoms with Gasteiger partial charge in [-0.1, -0.05) is 44.2 Å². The third-order valence-electron chi connectivity index (χ3n) is 7.08. The lowest BCUT2D eigenvalue weighted by Gasteiger charge is -2.19. The molecule has 4 N–H and O–H groups in total. The topological polar surface area (TPSA) is 152 Å². The van der Waals surface area contributed by atoms with Crippen molar-refractivity contribution in [3.05, 3.63) is 89.6 Å². The van der Waals surface area contributed by atoms with Gasteiger partial charge in [0.15, 0.2) is 0 Å². The highest BCUT2D eigenvalue weighted by Gasteiger charge is 2.30. The number of carbonyl (C=O) groups is 5. The van der Waals surface area contributed by atoms with E-state index in [0.29, 0.717) is 17.1 Å². The van der Waals surface area contributed by atoms with Gasteiger partial charge in [0.25, 0.3) is 5.91 Å². The minimum atomic E-state index is -1.07. The van der Waals surface area contributed by atoms with Crippen LogP contribution >= 0.6 is 0 Å². The highest BCUT2D eigenvalue weighted by atomic mass is 16.4. The lowest BCUT2D eigenvalue weighted by Crippen LogP contribution is -2.38. The molecule has 0 unspecified atom stereocenters. The number of H-pyrrole nitrogens is 1. The zero-order chi connectivity index (χ0) is 31.8. The van der Waals surface area contributed by atoms with Crippen LogP contribution in [0.5, 0.6) is 0 Å². The summed E-state index contributed by atoms with van der Waals surface area (Å²) in [5, 5.41) is 15.7. The van der Waals surface area contributed by atoms with E-state index in [2.05, 4.69) is 15.6 Å². The maximum atomic E-state index is 13.1. The van der Waals surface area contributed by atoms with Crippen molar-refractivity contribution in [2.24, 2.45) is 0 Å². The summed E-state index contributed by atoms with van der Waals surface area (Å²) in [6.07, 6.45) is 1.82. The molecular weight excluding hydrogens is 562 g/mol. The number of amides is 4. The van der Waals surface area contributed by atoms with Crippen LogP contribution in [-0.2, 0) is 32.0 Å². The molecule has 0 spiro atoms. The molecule has 228 valence electrons. The molecule has 3 aromatic carbocycles. The fourth-order valence-electron chi connectivity index (χ4n) is 4.89. The second-order valence-electron chi connectivity index (χ2n) is 10.1. The van der Waals surface area contributed by atoms with Crippen molar-refractivity contribution < 1.29 is 29.1 Å². The highest BCUT2D eigenvalue weighted by Crippen LogP contribution is 2.28. The number of anilines is 3. The largest absolute Gasteiger partial charge is 0.481 e. The summed E-state index contributed by atoms with van der Waals surface area (Å²) in [6, 6.07) is 19.4. The maximum Gasteiger partial charge on any atom is 0.305 e. The molecule has 0 fully saturated rings. The van der Waals surface area contributed by atoms with E-state index in [-0.39, 0.29) is 55.6 Å². The predicted octanol–water partition coefficient (Wildman–Crippen LogP) is 4.45. The molecule has 1 aromatic heterocycles. The Morgan fingerprint density at radius 3 is 2.27 bits per heavy atom. The first kappa shape index (κ1) is 31.5. The van der Waals surface area contributed by atoms with Gasteiger partial charge in [0.2, 0.25) is 17.7 Å². The number of nitrogens with zero attached hydrogens (tertiary/aromatic N) is 2. The van der Waals surface area contributed by atoms with Gasteiger partial charge in [-0.25, -0.2) is 0 Å². The van der Waals surface area contributed by atoms with Gasteiger partial charge in [0.05, 0.1) is 30.5 Å². The Balaban J connectivity index is 0.00000216. The second kappa shape index (κ2) is 14.1. The first-order valence-corrected chi connectivity index (χ1v) is 14.3. The number of carboxylic acid groups (broad SMARTS) is 1. The van der Waals surface area contributed by atoms with Crippen molar-refractivity contribution in [1.82, 2.24) is 9.88 Å². The van der Waals surface area contributed by atoms with Gasteiger partial charge < -0.3 is 30.5 Å². The fourth-order valence-corrected chi connectivity index (χ4v) is 4.89. The number of nitrogens with one attached hydrogen (secondary N) is 3. The molecule has 1 aliphatic heterocycles. The van der Waals surface area contributed by atoms with Crippen LogP contribution in [0.3, 0.4) is 0 Å². The van der Waals surface area contributed by atoms with Gasteiger partial charge in [-0.05, 0) is 47.5 Å². The van der Waals surface area contributed by atoms with Gasteiger partial charge in [-0.3, -0.25) is 24.0 Å². The highest BCUT2D eigenvalue weighted by molar-refractivity contribution is 6.10. The molecule has 0 saturated carbocycles. The summed E-state index contributed by atoms with van der Waals surface area (Å²) in [6.45, 7) is 3.65. The number of likely N-dealkylation sites (N-methyl/N-ethyl adjacent to an activating group) is 1. The normalized spacial score (nSPS) is 12.6. The number of aliphatic carboxylic acids is 1. The van der Waals surface area contributed by atoms with E-state index >= 15 is 0 Å². The Labute approximate surface area is 254 Å². The van der Waals surface area contributed by atoms with Gasteiger partial charge in [-0.15, -0.1) is 0 Å². The molecule has 44 heavy (non-hydrogen) atoms. The lowest BCUT2D eigenvalue weighted by molar-refractivity contribution is -0.137. The van der Waals surface area contributed by atoms with E-state index < -0.39 is 11.9 Å². The van der Waals surface area contributed by atoms with Crippen LogP contribution in [0.1, 0.15) is 41.8 Å². The van der Waals surface area contributed by atoms with E-state index in [9.17, 15) is 24.0 Å². The molecule has 2 heterocycles. The summed E-state index contributed by atoms with van der Waals surface area (Å²) >= 11 is 0. The molecule has 11 heteroatoms. The average Bonchev–Trinajstić information content (AvgIpc) is 3.39. The number of aromatic amines is 1.